The number of nitrogens with zero attached hydrogens (tertiary/aromatic N) is 4. The van der Waals surface area contributed by atoms with E-state index in [0.717, 1.165) is 44.6 Å². The number of hydrogen-bond donors (Lipinski definition) is 1. The number of carbonyl (C=O) groups excluding carboxylic acids is 1. The molecule has 1 heterocycles. The van der Waals surface area contributed by atoms with Crippen LogP contribution in [0.25, 0.3) is 0 Å². The van der Waals surface area contributed by atoms with E-state index in [0.29, 0.717) is 12.1 Å². The van der Waals surface area contributed by atoms with Crippen molar-refractivity contribution in [3.8, 4) is 0 Å². The number of guanidine groups is 1. The van der Waals surface area contributed by atoms with E-state index in [1.807, 2.05) is 13.8 Å². The van der Waals surface area contributed by atoms with Crippen LogP contribution in [0.4, 0.5) is 8.78 Å². The summed E-state index contributed by atoms with van der Waals surface area (Å²) in [6.45, 7) is 7.75. The number of likely N-dealkylation sites (N-methyl/N-ethyl adjacent to an activating group) is 1. The monoisotopic (exact) mass is 395 g/mol. The average Bonchev–Trinajstić information content (AvgIpc) is 2.67. The molecule has 0 radical (unpaired) electrons. The van der Waals surface area contributed by atoms with Gasteiger partial charge in [0.25, 0.3) is 0 Å². The largest absolute Gasteiger partial charge is 0.357 e. The van der Waals surface area contributed by atoms with Crippen LogP contribution in [-0.2, 0) is 4.79 Å². The van der Waals surface area contributed by atoms with Crippen LogP contribution in [-0.4, -0.2) is 79.9 Å². The fraction of sp³-hybridized carbons (Fsp3) is 0.600. The first-order valence-corrected chi connectivity index (χ1v) is 9.79. The van der Waals surface area contributed by atoms with E-state index >= 15 is 0 Å². The number of benzene rings is 1. The average molecular weight is 395 g/mol. The van der Waals surface area contributed by atoms with Gasteiger partial charge in [-0.25, -0.2) is 13.8 Å². The highest BCUT2D eigenvalue weighted by molar-refractivity contribution is 5.84. The first kappa shape index (κ1) is 22.1. The SMILES string of the molecule is CCNC(=NCC(=O)N(C)C)N1CCN(C(CC)c2ccc(F)cc2F)CC1. The topological polar surface area (TPSA) is 51.2 Å². The number of carbonyl (C=O) groups is 1. The molecule has 0 spiro atoms. The van der Waals surface area contributed by atoms with Crippen molar-refractivity contribution < 1.29 is 13.6 Å². The lowest BCUT2D eigenvalue weighted by Crippen LogP contribution is -2.53. The van der Waals surface area contributed by atoms with Crippen LogP contribution in [0.5, 0.6) is 0 Å². The molecule has 1 aromatic rings. The second-order valence-corrected chi connectivity index (χ2v) is 7.07. The van der Waals surface area contributed by atoms with Gasteiger partial charge in [-0.3, -0.25) is 9.69 Å². The van der Waals surface area contributed by atoms with Crippen molar-refractivity contribution in [1.82, 2.24) is 20.0 Å². The molecule has 0 aromatic heterocycles. The van der Waals surface area contributed by atoms with Gasteiger partial charge in [0.1, 0.15) is 18.2 Å². The van der Waals surface area contributed by atoms with E-state index < -0.39 is 11.6 Å². The third-order valence-corrected chi connectivity index (χ3v) is 4.96. The molecular weight excluding hydrogens is 364 g/mol. The molecule has 1 fully saturated rings. The zero-order chi connectivity index (χ0) is 20.7. The van der Waals surface area contributed by atoms with Crippen LogP contribution < -0.4 is 5.32 Å². The molecule has 1 N–H and O–H groups in total. The number of nitrogens with one attached hydrogen (secondary N) is 1. The Hall–Kier alpha value is -2.22. The molecule has 1 aliphatic rings. The standard InChI is InChI=1S/C20H31F2N5O/c1-5-18(16-8-7-15(21)13-17(16)22)26-9-11-27(12-10-26)20(23-6-2)24-14-19(28)25(3)4/h7-8,13,18H,5-6,9-12,14H2,1-4H3,(H,23,24). The van der Waals surface area contributed by atoms with Crippen molar-refractivity contribution in [2.75, 3.05) is 53.4 Å². The minimum atomic E-state index is -0.556. The van der Waals surface area contributed by atoms with Gasteiger partial charge in [-0.15, -0.1) is 0 Å². The highest BCUT2D eigenvalue weighted by atomic mass is 19.1. The maximum Gasteiger partial charge on any atom is 0.243 e. The molecule has 8 heteroatoms. The van der Waals surface area contributed by atoms with Crippen molar-refractivity contribution in [3.05, 3.63) is 35.4 Å². The van der Waals surface area contributed by atoms with E-state index in [1.165, 1.54) is 11.0 Å². The van der Waals surface area contributed by atoms with Crippen LogP contribution in [0.2, 0.25) is 0 Å². The number of rotatable bonds is 6. The van der Waals surface area contributed by atoms with Gasteiger partial charge in [0.15, 0.2) is 5.96 Å². The number of piperazine rings is 1. The third kappa shape index (κ3) is 5.64. The fourth-order valence-corrected chi connectivity index (χ4v) is 3.40. The van der Waals surface area contributed by atoms with Crippen LogP contribution >= 0.6 is 0 Å². The molecule has 1 unspecified atom stereocenters. The molecule has 0 bridgehead atoms. The van der Waals surface area contributed by atoms with Crippen LogP contribution in [0, 0.1) is 11.6 Å². The Balaban J connectivity index is 2.04. The number of halogens is 2. The van der Waals surface area contributed by atoms with Crippen LogP contribution in [0.15, 0.2) is 23.2 Å². The van der Waals surface area contributed by atoms with Gasteiger partial charge in [-0.1, -0.05) is 13.0 Å². The second kappa shape index (κ2) is 10.4. The molecule has 1 saturated heterocycles. The zero-order valence-corrected chi connectivity index (χ0v) is 17.2. The Kier molecular flexibility index (Phi) is 8.17. The summed E-state index contributed by atoms with van der Waals surface area (Å²) in [4.78, 5) is 22.1. The first-order chi connectivity index (χ1) is 13.4. The predicted octanol–water partition coefficient (Wildman–Crippen LogP) is 2.09. The molecule has 1 amide bonds. The molecule has 156 valence electrons. The third-order valence-electron chi connectivity index (χ3n) is 4.96. The Labute approximate surface area is 166 Å². The minimum Gasteiger partial charge on any atom is -0.357 e. The highest BCUT2D eigenvalue weighted by Gasteiger charge is 2.27. The van der Waals surface area contributed by atoms with Crippen molar-refractivity contribution in [1.29, 1.82) is 0 Å². The zero-order valence-electron chi connectivity index (χ0n) is 17.2. The Morgan fingerprint density at radius 2 is 1.89 bits per heavy atom. The molecule has 6 nitrogen and oxygen atoms in total. The van der Waals surface area contributed by atoms with Gasteiger partial charge in [0.2, 0.25) is 5.91 Å². The van der Waals surface area contributed by atoms with Crippen molar-refractivity contribution in [2.24, 2.45) is 4.99 Å². The van der Waals surface area contributed by atoms with Crippen molar-refractivity contribution >= 4 is 11.9 Å². The number of amides is 1. The van der Waals surface area contributed by atoms with E-state index in [1.54, 1.807) is 20.2 Å². The molecule has 0 aliphatic carbocycles. The summed E-state index contributed by atoms with van der Waals surface area (Å²) >= 11 is 0. The Morgan fingerprint density at radius 3 is 2.43 bits per heavy atom. The molecule has 0 saturated carbocycles. The lowest BCUT2D eigenvalue weighted by atomic mass is 10.0. The molecule has 1 aliphatic heterocycles. The molecule has 1 aromatic carbocycles. The van der Waals surface area contributed by atoms with E-state index in [9.17, 15) is 13.6 Å². The van der Waals surface area contributed by atoms with Crippen LogP contribution in [0.1, 0.15) is 31.9 Å². The summed E-state index contributed by atoms with van der Waals surface area (Å²) in [7, 11) is 3.42. The molecule has 28 heavy (non-hydrogen) atoms. The lowest BCUT2D eigenvalue weighted by molar-refractivity contribution is -0.127. The van der Waals surface area contributed by atoms with E-state index in [-0.39, 0.29) is 18.5 Å². The normalized spacial score (nSPS) is 16.8. The molecule has 1 atom stereocenters. The second-order valence-electron chi connectivity index (χ2n) is 7.07. The van der Waals surface area contributed by atoms with Gasteiger partial charge < -0.3 is 15.1 Å². The van der Waals surface area contributed by atoms with Gasteiger partial charge in [0, 0.05) is 64.5 Å². The molecular formula is C20H31F2N5O. The van der Waals surface area contributed by atoms with E-state index in [4.69, 9.17) is 0 Å². The lowest BCUT2D eigenvalue weighted by Gasteiger charge is -2.40. The maximum absolute atomic E-state index is 14.2. The van der Waals surface area contributed by atoms with Gasteiger partial charge in [0.05, 0.1) is 0 Å². The molecule has 2 rings (SSSR count). The number of hydrogen-bond acceptors (Lipinski definition) is 3. The predicted molar refractivity (Wildman–Crippen MR) is 107 cm³/mol. The summed E-state index contributed by atoms with van der Waals surface area (Å²) in [5, 5.41) is 3.24. The Morgan fingerprint density at radius 1 is 1.21 bits per heavy atom. The van der Waals surface area contributed by atoms with Gasteiger partial charge in [-0.2, -0.15) is 0 Å². The Bertz CT molecular complexity index is 687. The maximum atomic E-state index is 14.2. The highest BCUT2D eigenvalue weighted by Crippen LogP contribution is 2.28. The quantitative estimate of drug-likeness (QED) is 0.592. The summed E-state index contributed by atoms with van der Waals surface area (Å²) in [5.74, 6) is -0.378. The van der Waals surface area contributed by atoms with Gasteiger partial charge >= 0.3 is 0 Å². The van der Waals surface area contributed by atoms with Crippen molar-refractivity contribution in [2.45, 2.75) is 26.3 Å². The fourth-order valence-electron chi connectivity index (χ4n) is 3.40. The first-order valence-electron chi connectivity index (χ1n) is 9.79. The van der Waals surface area contributed by atoms with Gasteiger partial charge in [-0.05, 0) is 19.4 Å². The summed E-state index contributed by atoms with van der Waals surface area (Å²) in [5.41, 5.74) is 0.537. The van der Waals surface area contributed by atoms with Crippen LogP contribution in [0.3, 0.4) is 0 Å². The summed E-state index contributed by atoms with van der Waals surface area (Å²) in [6, 6.07) is 3.72. The number of aliphatic imine (C=N–C) groups is 1. The summed E-state index contributed by atoms with van der Waals surface area (Å²) < 4.78 is 27.5. The smallest absolute Gasteiger partial charge is 0.243 e. The minimum absolute atomic E-state index is 0.0492. The van der Waals surface area contributed by atoms with E-state index in [2.05, 4.69) is 20.1 Å². The van der Waals surface area contributed by atoms with Crippen molar-refractivity contribution in [3.63, 3.8) is 0 Å². The summed E-state index contributed by atoms with van der Waals surface area (Å²) in [6.07, 6.45) is 0.744.